The zero-order valence-corrected chi connectivity index (χ0v) is 5.85. The number of carbonyl (C=O) groups is 1. The molecule has 0 saturated carbocycles. The van der Waals surface area contributed by atoms with Gasteiger partial charge in [0.25, 0.3) is 5.78 Å². The average Bonchev–Trinajstić information content (AvgIpc) is 2.03. The van der Waals surface area contributed by atoms with E-state index in [9.17, 15) is 18.0 Å². The molecule has 0 N–H and O–H groups in total. The molecule has 0 heterocycles. The van der Waals surface area contributed by atoms with Crippen molar-refractivity contribution in [3.63, 3.8) is 0 Å². The SMILES string of the molecule is O=C(c1cc[c]cc1)C(F)(F)F. The van der Waals surface area contributed by atoms with Gasteiger partial charge >= 0.3 is 6.18 Å². The fourth-order valence-electron chi connectivity index (χ4n) is 0.702. The Balaban J connectivity index is 2.94. The molecule has 0 unspecified atom stereocenters. The quantitative estimate of drug-likeness (QED) is 0.595. The van der Waals surface area contributed by atoms with Crippen LogP contribution in [0.5, 0.6) is 0 Å². The maximum Gasteiger partial charge on any atom is 0.454 e. The van der Waals surface area contributed by atoms with Gasteiger partial charge in [0, 0.05) is 5.56 Å². The monoisotopic (exact) mass is 173 g/mol. The van der Waals surface area contributed by atoms with Crippen molar-refractivity contribution >= 4 is 5.78 Å². The van der Waals surface area contributed by atoms with E-state index in [1.54, 1.807) is 0 Å². The second-order valence-corrected chi connectivity index (χ2v) is 2.12. The Morgan fingerprint density at radius 1 is 1.25 bits per heavy atom. The minimum Gasteiger partial charge on any atom is -0.284 e. The molecule has 0 atom stereocenters. The average molecular weight is 173 g/mol. The summed E-state index contributed by atoms with van der Waals surface area (Å²) in [4.78, 5) is 10.5. The summed E-state index contributed by atoms with van der Waals surface area (Å²) in [6.45, 7) is 0. The smallest absolute Gasteiger partial charge is 0.284 e. The highest BCUT2D eigenvalue weighted by atomic mass is 19.4. The zero-order chi connectivity index (χ0) is 9.19. The van der Waals surface area contributed by atoms with E-state index in [0.29, 0.717) is 0 Å². The van der Waals surface area contributed by atoms with E-state index in [2.05, 4.69) is 6.07 Å². The van der Waals surface area contributed by atoms with E-state index in [0.717, 1.165) is 12.1 Å². The van der Waals surface area contributed by atoms with Crippen LogP contribution in [0.1, 0.15) is 10.4 Å². The molecule has 0 spiro atoms. The molecule has 1 rings (SSSR count). The zero-order valence-electron chi connectivity index (χ0n) is 5.85. The topological polar surface area (TPSA) is 17.1 Å². The van der Waals surface area contributed by atoms with Gasteiger partial charge in [-0.1, -0.05) is 24.3 Å². The van der Waals surface area contributed by atoms with Crippen molar-refractivity contribution in [2.24, 2.45) is 0 Å². The van der Waals surface area contributed by atoms with Crippen LogP contribution in [0, 0.1) is 6.07 Å². The van der Waals surface area contributed by atoms with Crippen molar-refractivity contribution < 1.29 is 18.0 Å². The molecule has 1 aromatic rings. The van der Waals surface area contributed by atoms with Crippen LogP contribution in [0.15, 0.2) is 24.3 Å². The van der Waals surface area contributed by atoms with Gasteiger partial charge in [0.1, 0.15) is 0 Å². The number of hydrogen-bond donors (Lipinski definition) is 0. The molecule has 0 saturated heterocycles. The first kappa shape index (κ1) is 8.77. The number of ketones is 1. The molecule has 12 heavy (non-hydrogen) atoms. The number of Topliss-reactive ketones (excluding diaryl/α,β-unsaturated/α-hetero) is 1. The van der Waals surface area contributed by atoms with E-state index in [4.69, 9.17) is 0 Å². The molecule has 0 fully saturated rings. The summed E-state index contributed by atoms with van der Waals surface area (Å²) in [6.07, 6.45) is -4.79. The third-order valence-corrected chi connectivity index (χ3v) is 1.24. The van der Waals surface area contributed by atoms with Gasteiger partial charge in [-0.05, 0) is 6.07 Å². The van der Waals surface area contributed by atoms with Crippen LogP contribution in [-0.2, 0) is 0 Å². The highest BCUT2D eigenvalue weighted by Crippen LogP contribution is 2.20. The molecule has 0 amide bonds. The number of hydrogen-bond acceptors (Lipinski definition) is 1. The fourth-order valence-corrected chi connectivity index (χ4v) is 0.702. The molecule has 0 aliphatic carbocycles. The predicted octanol–water partition coefficient (Wildman–Crippen LogP) is 2.23. The Labute approximate surface area is 66.8 Å². The van der Waals surface area contributed by atoms with Gasteiger partial charge in [-0.2, -0.15) is 13.2 Å². The highest BCUT2D eigenvalue weighted by Gasteiger charge is 2.38. The molecular weight excluding hydrogens is 169 g/mol. The van der Waals surface area contributed by atoms with E-state index in [1.165, 1.54) is 12.1 Å². The molecule has 63 valence electrons. The third kappa shape index (κ3) is 1.84. The maximum absolute atomic E-state index is 11.8. The van der Waals surface area contributed by atoms with E-state index >= 15 is 0 Å². The summed E-state index contributed by atoms with van der Waals surface area (Å²) >= 11 is 0. The molecule has 1 aromatic carbocycles. The Morgan fingerprint density at radius 3 is 2.17 bits per heavy atom. The van der Waals surface area contributed by atoms with Crippen LogP contribution in [-0.4, -0.2) is 12.0 Å². The van der Waals surface area contributed by atoms with Gasteiger partial charge in [-0.3, -0.25) is 4.79 Å². The Bertz CT molecular complexity index is 276. The van der Waals surface area contributed by atoms with Gasteiger partial charge in [0.05, 0.1) is 0 Å². The van der Waals surface area contributed by atoms with Crippen LogP contribution in [0.25, 0.3) is 0 Å². The van der Waals surface area contributed by atoms with E-state index in [-0.39, 0.29) is 5.56 Å². The van der Waals surface area contributed by atoms with Crippen LogP contribution < -0.4 is 0 Å². The number of benzene rings is 1. The molecular formula is C8H4F3O. The number of carbonyl (C=O) groups excluding carboxylic acids is 1. The van der Waals surface area contributed by atoms with Crippen molar-refractivity contribution in [1.82, 2.24) is 0 Å². The molecule has 1 nitrogen and oxygen atoms in total. The first-order chi connectivity index (χ1) is 5.52. The minimum atomic E-state index is -4.79. The second-order valence-electron chi connectivity index (χ2n) is 2.12. The summed E-state index contributed by atoms with van der Waals surface area (Å²) in [5.41, 5.74) is -0.360. The lowest BCUT2D eigenvalue weighted by Gasteiger charge is -2.03. The van der Waals surface area contributed by atoms with Crippen LogP contribution >= 0.6 is 0 Å². The number of alkyl halides is 3. The molecule has 1 radical (unpaired) electrons. The Hall–Kier alpha value is -1.32. The summed E-state index contributed by atoms with van der Waals surface area (Å²) in [5.74, 6) is -1.82. The lowest BCUT2D eigenvalue weighted by molar-refractivity contribution is -0.0885. The standard InChI is InChI=1S/C8H4F3O/c9-8(10,11)7(12)6-4-2-1-3-5-6/h2-5H. The third-order valence-electron chi connectivity index (χ3n) is 1.24. The normalized spacial score (nSPS) is 11.2. The van der Waals surface area contributed by atoms with Crippen LogP contribution in [0.3, 0.4) is 0 Å². The van der Waals surface area contributed by atoms with Crippen LogP contribution in [0.2, 0.25) is 0 Å². The molecule has 0 aliphatic heterocycles. The number of halogens is 3. The van der Waals surface area contributed by atoms with Crippen molar-refractivity contribution in [3.8, 4) is 0 Å². The number of rotatable bonds is 1. The first-order valence-corrected chi connectivity index (χ1v) is 3.09. The summed E-state index contributed by atoms with van der Waals surface area (Å²) in [7, 11) is 0. The van der Waals surface area contributed by atoms with Crippen molar-refractivity contribution in [2.75, 3.05) is 0 Å². The molecule has 0 bridgehead atoms. The molecule has 4 heteroatoms. The minimum absolute atomic E-state index is 0.360. The van der Waals surface area contributed by atoms with Gasteiger partial charge in [0.15, 0.2) is 0 Å². The molecule has 0 aromatic heterocycles. The van der Waals surface area contributed by atoms with Crippen molar-refractivity contribution in [1.29, 1.82) is 0 Å². The summed E-state index contributed by atoms with van der Waals surface area (Å²) in [5, 5.41) is 0. The van der Waals surface area contributed by atoms with Crippen molar-refractivity contribution in [2.45, 2.75) is 6.18 Å². The lowest BCUT2D eigenvalue weighted by Crippen LogP contribution is -2.22. The maximum atomic E-state index is 11.8. The second kappa shape index (κ2) is 2.97. The van der Waals surface area contributed by atoms with Gasteiger partial charge < -0.3 is 0 Å². The van der Waals surface area contributed by atoms with Crippen LogP contribution in [0.4, 0.5) is 13.2 Å². The molecule has 0 aliphatic rings. The van der Waals surface area contributed by atoms with Crippen molar-refractivity contribution in [3.05, 3.63) is 35.9 Å². The summed E-state index contributed by atoms with van der Waals surface area (Å²) < 4.78 is 35.3. The highest BCUT2D eigenvalue weighted by molar-refractivity contribution is 6.00. The Morgan fingerprint density at radius 2 is 1.75 bits per heavy atom. The van der Waals surface area contributed by atoms with E-state index < -0.39 is 12.0 Å². The fraction of sp³-hybridized carbons (Fsp3) is 0.125. The van der Waals surface area contributed by atoms with Gasteiger partial charge in [-0.25, -0.2) is 0 Å². The first-order valence-electron chi connectivity index (χ1n) is 3.09. The lowest BCUT2D eigenvalue weighted by atomic mass is 10.1. The van der Waals surface area contributed by atoms with E-state index in [1.807, 2.05) is 0 Å². The predicted molar refractivity (Wildman–Crippen MR) is 35.7 cm³/mol. The largest absolute Gasteiger partial charge is 0.454 e. The Kier molecular flexibility index (Phi) is 2.17. The van der Waals surface area contributed by atoms with Gasteiger partial charge in [-0.15, -0.1) is 0 Å². The summed E-state index contributed by atoms with van der Waals surface area (Å²) in [6, 6.07) is 7.20. The van der Waals surface area contributed by atoms with Gasteiger partial charge in [0.2, 0.25) is 0 Å².